The molecule has 0 aliphatic carbocycles. The molecule has 0 spiro atoms. The van der Waals surface area contributed by atoms with Gasteiger partial charge in [-0.15, -0.1) is 0 Å². The van der Waals surface area contributed by atoms with Crippen molar-refractivity contribution in [3.05, 3.63) is 88.0 Å². The maximum atomic E-state index is 13.0. The number of carbonyl (C=O) groups excluding carboxylic acids is 1. The van der Waals surface area contributed by atoms with Gasteiger partial charge in [0.2, 0.25) is 0 Å². The number of hydrogen-bond acceptors (Lipinski definition) is 5. The van der Waals surface area contributed by atoms with E-state index in [1.807, 2.05) is 62.4 Å². The lowest BCUT2D eigenvalue weighted by Gasteiger charge is -2.17. The molecule has 6 heteroatoms. The zero-order valence-corrected chi connectivity index (χ0v) is 18.5. The van der Waals surface area contributed by atoms with Crippen LogP contribution in [0, 0.1) is 13.8 Å². The van der Waals surface area contributed by atoms with E-state index in [9.17, 15) is 4.79 Å². The summed E-state index contributed by atoms with van der Waals surface area (Å²) >= 11 is 8.43. The Kier molecular flexibility index (Phi) is 5.94. The van der Waals surface area contributed by atoms with Crippen LogP contribution in [-0.4, -0.2) is 10.2 Å². The van der Waals surface area contributed by atoms with Crippen LogP contribution < -0.4 is 4.90 Å². The van der Waals surface area contributed by atoms with Gasteiger partial charge in [0.05, 0.1) is 10.6 Å². The van der Waals surface area contributed by atoms with Crippen LogP contribution in [-0.2, 0) is 10.5 Å². The minimum absolute atomic E-state index is 0.108. The predicted octanol–water partition coefficient (Wildman–Crippen LogP) is 6.59. The van der Waals surface area contributed by atoms with E-state index in [1.165, 1.54) is 17.3 Å². The number of thioether (sulfide) groups is 2. The summed E-state index contributed by atoms with van der Waals surface area (Å²) in [5.74, 6) is 1.38. The number of benzene rings is 2. The molecule has 2 aromatic carbocycles. The van der Waals surface area contributed by atoms with E-state index in [0.717, 1.165) is 27.7 Å². The maximum Gasteiger partial charge on any atom is 0.270 e. The summed E-state index contributed by atoms with van der Waals surface area (Å²) in [5.41, 5.74) is 4.19. The summed E-state index contributed by atoms with van der Waals surface area (Å²) < 4.78 is 6.44. The Balaban J connectivity index is 1.50. The van der Waals surface area contributed by atoms with Crippen LogP contribution in [0.15, 0.2) is 75.1 Å². The summed E-state index contributed by atoms with van der Waals surface area (Å²) in [6, 6.07) is 20.1. The summed E-state index contributed by atoms with van der Waals surface area (Å²) in [6.45, 7) is 3.99. The van der Waals surface area contributed by atoms with E-state index in [2.05, 4.69) is 12.1 Å². The van der Waals surface area contributed by atoms with E-state index >= 15 is 0 Å². The highest BCUT2D eigenvalue weighted by molar-refractivity contribution is 8.27. The minimum atomic E-state index is -0.108. The van der Waals surface area contributed by atoms with Crippen LogP contribution in [0.4, 0.5) is 5.69 Å². The highest BCUT2D eigenvalue weighted by Crippen LogP contribution is 2.38. The molecule has 1 aliphatic heterocycles. The van der Waals surface area contributed by atoms with Gasteiger partial charge in [0, 0.05) is 11.8 Å². The average molecular weight is 438 g/mol. The fourth-order valence-electron chi connectivity index (χ4n) is 2.98. The minimum Gasteiger partial charge on any atom is -0.450 e. The lowest BCUT2D eigenvalue weighted by atomic mass is 10.1. The predicted molar refractivity (Wildman–Crippen MR) is 126 cm³/mol. The number of carbonyl (C=O) groups is 1. The van der Waals surface area contributed by atoms with Crippen molar-refractivity contribution < 1.29 is 9.21 Å². The smallest absolute Gasteiger partial charge is 0.270 e. The number of nitrogens with zero attached hydrogens (tertiary/aromatic N) is 1. The topological polar surface area (TPSA) is 33.5 Å². The van der Waals surface area contributed by atoms with Gasteiger partial charge in [-0.2, -0.15) is 0 Å². The van der Waals surface area contributed by atoms with Crippen molar-refractivity contribution in [3.63, 3.8) is 0 Å². The highest BCUT2D eigenvalue weighted by atomic mass is 32.2. The molecule has 2 heterocycles. The van der Waals surface area contributed by atoms with Crippen LogP contribution in [0.25, 0.3) is 6.08 Å². The van der Waals surface area contributed by atoms with Crippen molar-refractivity contribution in [2.45, 2.75) is 24.7 Å². The standard InChI is InChI=1S/C23H19NO2S3/c1-15-8-9-16(2)19(12-15)24-22(25)20(29-23(24)27)13-18-10-11-21(26-18)28-14-17-6-4-3-5-7-17/h3-13H,14H2,1-2H3/b20-13-. The Morgan fingerprint density at radius 1 is 1.10 bits per heavy atom. The number of hydrogen-bond donors (Lipinski definition) is 0. The van der Waals surface area contributed by atoms with E-state index in [1.54, 1.807) is 22.7 Å². The Morgan fingerprint density at radius 2 is 1.90 bits per heavy atom. The molecular weight excluding hydrogens is 418 g/mol. The Morgan fingerprint density at radius 3 is 2.69 bits per heavy atom. The van der Waals surface area contributed by atoms with Gasteiger partial charge in [-0.1, -0.05) is 78.2 Å². The first-order valence-electron chi connectivity index (χ1n) is 9.13. The fraction of sp³-hybridized carbons (Fsp3) is 0.130. The van der Waals surface area contributed by atoms with Crippen LogP contribution in [0.2, 0.25) is 0 Å². The van der Waals surface area contributed by atoms with Crippen molar-refractivity contribution in [3.8, 4) is 0 Å². The molecule has 1 saturated heterocycles. The van der Waals surface area contributed by atoms with Crippen LogP contribution in [0.1, 0.15) is 22.5 Å². The molecule has 1 fully saturated rings. The molecule has 0 atom stereocenters. The number of anilines is 1. The van der Waals surface area contributed by atoms with Gasteiger partial charge in [-0.3, -0.25) is 9.69 Å². The van der Waals surface area contributed by atoms with Gasteiger partial charge in [0.25, 0.3) is 5.91 Å². The van der Waals surface area contributed by atoms with Crippen molar-refractivity contribution in [1.82, 2.24) is 0 Å². The van der Waals surface area contributed by atoms with E-state index < -0.39 is 0 Å². The molecule has 0 bridgehead atoms. The molecule has 4 rings (SSSR count). The normalized spacial score (nSPS) is 15.5. The van der Waals surface area contributed by atoms with Gasteiger partial charge in [0.15, 0.2) is 9.41 Å². The Bertz CT molecular complexity index is 1100. The third kappa shape index (κ3) is 4.50. The van der Waals surface area contributed by atoms with Gasteiger partial charge < -0.3 is 4.42 Å². The van der Waals surface area contributed by atoms with E-state index in [4.69, 9.17) is 16.6 Å². The maximum absolute atomic E-state index is 13.0. The third-order valence-corrected chi connectivity index (χ3v) is 6.78. The van der Waals surface area contributed by atoms with Crippen LogP contribution in [0.3, 0.4) is 0 Å². The summed E-state index contributed by atoms with van der Waals surface area (Å²) in [7, 11) is 0. The lowest BCUT2D eigenvalue weighted by molar-refractivity contribution is -0.113. The van der Waals surface area contributed by atoms with Gasteiger partial charge >= 0.3 is 0 Å². The number of thiocarbonyl (C=S) groups is 1. The molecule has 1 aliphatic rings. The summed E-state index contributed by atoms with van der Waals surface area (Å²) in [6.07, 6.45) is 1.77. The molecule has 0 unspecified atom stereocenters. The van der Waals surface area contributed by atoms with Crippen LogP contribution >= 0.6 is 35.7 Å². The van der Waals surface area contributed by atoms with E-state index in [0.29, 0.717) is 15.0 Å². The molecule has 3 aromatic rings. The van der Waals surface area contributed by atoms with Gasteiger partial charge in [0.1, 0.15) is 5.76 Å². The third-order valence-electron chi connectivity index (χ3n) is 4.50. The van der Waals surface area contributed by atoms with Crippen LogP contribution in [0.5, 0.6) is 0 Å². The first-order chi connectivity index (χ1) is 14.0. The first kappa shape index (κ1) is 20.0. The quantitative estimate of drug-likeness (QED) is 0.255. The summed E-state index contributed by atoms with van der Waals surface area (Å²) in [4.78, 5) is 15.2. The van der Waals surface area contributed by atoms with E-state index in [-0.39, 0.29) is 5.91 Å². The largest absolute Gasteiger partial charge is 0.450 e. The number of aryl methyl sites for hydroxylation is 2. The highest BCUT2D eigenvalue weighted by Gasteiger charge is 2.34. The average Bonchev–Trinajstić information content (AvgIpc) is 3.27. The second kappa shape index (κ2) is 8.61. The lowest BCUT2D eigenvalue weighted by Crippen LogP contribution is -2.28. The van der Waals surface area contributed by atoms with Crippen molar-refractivity contribution in [2.24, 2.45) is 0 Å². The molecular formula is C23H19NO2S3. The monoisotopic (exact) mass is 437 g/mol. The number of furan rings is 1. The molecule has 1 aromatic heterocycles. The second-order valence-corrected chi connectivity index (χ2v) is 9.39. The Labute approximate surface area is 184 Å². The SMILES string of the molecule is Cc1ccc(C)c(N2C(=O)/C(=C/c3ccc(SCc4ccccc4)o3)SC2=S)c1. The molecule has 146 valence electrons. The number of amides is 1. The van der Waals surface area contributed by atoms with Gasteiger partial charge in [-0.25, -0.2) is 0 Å². The van der Waals surface area contributed by atoms with Crippen molar-refractivity contribution in [2.75, 3.05) is 4.90 Å². The molecule has 0 saturated carbocycles. The number of rotatable bonds is 5. The zero-order chi connectivity index (χ0) is 20.4. The molecule has 1 amide bonds. The Hall–Kier alpha value is -2.28. The first-order valence-corrected chi connectivity index (χ1v) is 11.3. The summed E-state index contributed by atoms with van der Waals surface area (Å²) in [5, 5.41) is 0.824. The molecule has 29 heavy (non-hydrogen) atoms. The molecule has 0 radical (unpaired) electrons. The van der Waals surface area contributed by atoms with Gasteiger partial charge in [-0.05, 0) is 48.7 Å². The molecule has 3 nitrogen and oxygen atoms in total. The molecule has 0 N–H and O–H groups in total. The second-order valence-electron chi connectivity index (χ2n) is 6.74. The zero-order valence-electron chi connectivity index (χ0n) is 16.0. The van der Waals surface area contributed by atoms with Crippen molar-refractivity contribution >= 4 is 57.7 Å². The fourth-order valence-corrected chi connectivity index (χ4v) is 5.07. The van der Waals surface area contributed by atoms with Crippen molar-refractivity contribution in [1.29, 1.82) is 0 Å².